The molecule has 2 aromatic rings. The Balaban J connectivity index is 1.68. The summed E-state index contributed by atoms with van der Waals surface area (Å²) in [5, 5.41) is 11.2. The molecule has 1 aromatic carbocycles. The summed E-state index contributed by atoms with van der Waals surface area (Å²) in [6.45, 7) is 9.99. The van der Waals surface area contributed by atoms with Crippen LogP contribution in [0.1, 0.15) is 40.7 Å². The molecule has 1 N–H and O–H groups in total. The first-order valence-electron chi connectivity index (χ1n) is 11.1. The molecule has 1 unspecified atom stereocenters. The number of hydrogen-bond donors (Lipinski definition) is 1. The lowest BCUT2D eigenvalue weighted by atomic mass is 9.96. The van der Waals surface area contributed by atoms with Gasteiger partial charge in [0.05, 0.1) is 18.8 Å². The lowest BCUT2D eigenvalue weighted by Gasteiger charge is -2.28. The fourth-order valence-corrected chi connectivity index (χ4v) is 4.43. The molecule has 0 aliphatic carbocycles. The fourth-order valence-electron chi connectivity index (χ4n) is 4.43. The summed E-state index contributed by atoms with van der Waals surface area (Å²) in [7, 11) is 0. The monoisotopic (exact) mass is 438 g/mol. The number of rotatable bonds is 6. The number of aryl methyl sites for hydroxylation is 3. The molecule has 2 aliphatic heterocycles. The molecule has 0 spiro atoms. The molecule has 2 saturated heterocycles. The second kappa shape index (κ2) is 9.30. The van der Waals surface area contributed by atoms with Crippen LogP contribution in [0.3, 0.4) is 0 Å². The van der Waals surface area contributed by atoms with Gasteiger partial charge in [0, 0.05) is 31.7 Å². The number of carbonyl (C=O) groups excluding carboxylic acids is 2. The van der Waals surface area contributed by atoms with Crippen molar-refractivity contribution in [2.24, 2.45) is 0 Å². The van der Waals surface area contributed by atoms with Crippen molar-refractivity contribution in [3.8, 4) is 0 Å². The Bertz CT molecular complexity index is 1050. The number of likely N-dealkylation sites (tertiary alicyclic amines) is 1. The maximum absolute atomic E-state index is 13.1. The van der Waals surface area contributed by atoms with E-state index in [0.29, 0.717) is 43.3 Å². The zero-order valence-electron chi connectivity index (χ0n) is 18.9. The van der Waals surface area contributed by atoms with Crippen LogP contribution in [0.15, 0.2) is 40.3 Å². The number of aliphatic hydroxyl groups excluding tert-OH is 1. The summed E-state index contributed by atoms with van der Waals surface area (Å²) in [6.07, 6.45) is 0.715. The van der Waals surface area contributed by atoms with Gasteiger partial charge in [-0.05, 0) is 51.0 Å². The Morgan fingerprint density at radius 1 is 1.06 bits per heavy atom. The first-order valence-corrected chi connectivity index (χ1v) is 11.1. The Morgan fingerprint density at radius 2 is 1.81 bits per heavy atom. The van der Waals surface area contributed by atoms with Crippen LogP contribution in [0, 0.1) is 20.8 Å². The van der Waals surface area contributed by atoms with Crippen LogP contribution in [-0.2, 0) is 14.3 Å². The van der Waals surface area contributed by atoms with Gasteiger partial charge in [0.1, 0.15) is 23.3 Å². The molecule has 7 heteroatoms. The summed E-state index contributed by atoms with van der Waals surface area (Å²) >= 11 is 0. The van der Waals surface area contributed by atoms with Gasteiger partial charge in [0.15, 0.2) is 0 Å². The van der Waals surface area contributed by atoms with Gasteiger partial charge in [-0.1, -0.05) is 17.7 Å². The molecular weight excluding hydrogens is 408 g/mol. The summed E-state index contributed by atoms with van der Waals surface area (Å²) in [5.41, 5.74) is 2.44. The van der Waals surface area contributed by atoms with E-state index in [0.717, 1.165) is 30.8 Å². The third-order valence-electron chi connectivity index (χ3n) is 6.20. The number of morpholine rings is 1. The average molecular weight is 439 g/mol. The van der Waals surface area contributed by atoms with Gasteiger partial charge < -0.3 is 19.2 Å². The molecule has 0 saturated carbocycles. The highest BCUT2D eigenvalue weighted by molar-refractivity contribution is 6.46. The number of benzene rings is 1. The Labute approximate surface area is 188 Å². The van der Waals surface area contributed by atoms with Crippen LogP contribution in [0.4, 0.5) is 0 Å². The number of aliphatic hydroxyl groups is 1. The topological polar surface area (TPSA) is 83.2 Å². The van der Waals surface area contributed by atoms with Crippen molar-refractivity contribution in [3.63, 3.8) is 0 Å². The Kier molecular flexibility index (Phi) is 6.48. The fraction of sp³-hybridized carbons (Fsp3) is 0.440. The average Bonchev–Trinajstić information content (AvgIpc) is 3.32. The molecule has 0 radical (unpaired) electrons. The van der Waals surface area contributed by atoms with Crippen molar-refractivity contribution in [1.82, 2.24) is 9.80 Å². The van der Waals surface area contributed by atoms with E-state index in [1.807, 2.05) is 39.0 Å². The minimum absolute atomic E-state index is 0.0874. The van der Waals surface area contributed by atoms with Crippen LogP contribution in [-0.4, -0.2) is 66.0 Å². The Morgan fingerprint density at radius 3 is 2.50 bits per heavy atom. The van der Waals surface area contributed by atoms with Crippen LogP contribution < -0.4 is 0 Å². The van der Waals surface area contributed by atoms with Crippen molar-refractivity contribution < 1.29 is 23.8 Å². The van der Waals surface area contributed by atoms with Crippen LogP contribution in [0.5, 0.6) is 0 Å². The number of Topliss-reactive ketones (excluding diaryl/α,β-unsaturated/α-hetero) is 1. The van der Waals surface area contributed by atoms with E-state index in [2.05, 4.69) is 4.90 Å². The number of amides is 1. The van der Waals surface area contributed by atoms with E-state index in [-0.39, 0.29) is 11.3 Å². The molecule has 3 heterocycles. The molecule has 0 bridgehead atoms. The van der Waals surface area contributed by atoms with E-state index in [1.54, 1.807) is 12.1 Å². The van der Waals surface area contributed by atoms with Gasteiger partial charge in [-0.25, -0.2) is 0 Å². The zero-order chi connectivity index (χ0) is 22.8. The van der Waals surface area contributed by atoms with Gasteiger partial charge in [0.25, 0.3) is 11.7 Å². The predicted octanol–water partition coefficient (Wildman–Crippen LogP) is 3.35. The molecule has 1 aromatic heterocycles. The lowest BCUT2D eigenvalue weighted by molar-refractivity contribution is -0.140. The minimum Gasteiger partial charge on any atom is -0.507 e. The molecule has 2 aliphatic rings. The lowest BCUT2D eigenvalue weighted by Crippen LogP contribution is -2.38. The van der Waals surface area contributed by atoms with Crippen molar-refractivity contribution in [2.45, 2.75) is 33.2 Å². The molecule has 2 fully saturated rings. The van der Waals surface area contributed by atoms with E-state index in [9.17, 15) is 14.7 Å². The van der Waals surface area contributed by atoms with Gasteiger partial charge in [-0.3, -0.25) is 14.5 Å². The summed E-state index contributed by atoms with van der Waals surface area (Å²) in [5.74, 6) is -0.253. The van der Waals surface area contributed by atoms with Crippen LogP contribution >= 0.6 is 0 Å². The number of ketones is 1. The van der Waals surface area contributed by atoms with Gasteiger partial charge >= 0.3 is 0 Å². The summed E-state index contributed by atoms with van der Waals surface area (Å²) < 4.78 is 11.2. The number of ether oxygens (including phenoxy) is 1. The molecular formula is C25H30N2O5. The van der Waals surface area contributed by atoms with E-state index < -0.39 is 17.7 Å². The maximum Gasteiger partial charge on any atom is 0.295 e. The second-order valence-electron chi connectivity index (χ2n) is 8.57. The molecule has 170 valence electrons. The quantitative estimate of drug-likeness (QED) is 0.423. The number of furan rings is 1. The highest BCUT2D eigenvalue weighted by Gasteiger charge is 2.47. The summed E-state index contributed by atoms with van der Waals surface area (Å²) in [4.78, 5) is 30.0. The smallest absolute Gasteiger partial charge is 0.295 e. The SMILES string of the molecule is Cc1ccc(C)c(/C(O)=C2/C(=O)C(=O)N(CCCN3CCOCC3)C2c2ccc(C)o2)c1. The normalized spacial score (nSPS) is 21.5. The molecule has 32 heavy (non-hydrogen) atoms. The van der Waals surface area contributed by atoms with Gasteiger partial charge in [-0.2, -0.15) is 0 Å². The van der Waals surface area contributed by atoms with Crippen molar-refractivity contribution in [2.75, 3.05) is 39.4 Å². The Hall–Kier alpha value is -2.90. The first kappa shape index (κ1) is 22.3. The standard InChI is InChI=1S/C25H30N2O5/c1-16-5-6-17(2)19(15-16)23(28)21-22(20-8-7-18(3)32-20)27(25(30)24(21)29)10-4-9-26-11-13-31-14-12-26/h5-8,15,22,28H,4,9-14H2,1-3H3/b23-21-. The largest absolute Gasteiger partial charge is 0.507 e. The van der Waals surface area contributed by atoms with E-state index in [4.69, 9.17) is 9.15 Å². The minimum atomic E-state index is -0.742. The molecule has 1 amide bonds. The number of hydrogen-bond acceptors (Lipinski definition) is 6. The van der Waals surface area contributed by atoms with Crippen molar-refractivity contribution >= 4 is 17.4 Å². The highest BCUT2D eigenvalue weighted by atomic mass is 16.5. The second-order valence-corrected chi connectivity index (χ2v) is 8.57. The van der Waals surface area contributed by atoms with Gasteiger partial charge in [0.2, 0.25) is 0 Å². The predicted molar refractivity (Wildman–Crippen MR) is 120 cm³/mol. The highest BCUT2D eigenvalue weighted by Crippen LogP contribution is 2.40. The third-order valence-corrected chi connectivity index (χ3v) is 6.20. The van der Waals surface area contributed by atoms with Crippen LogP contribution in [0.25, 0.3) is 5.76 Å². The molecule has 4 rings (SSSR count). The zero-order valence-corrected chi connectivity index (χ0v) is 18.9. The number of carbonyl (C=O) groups is 2. The van der Waals surface area contributed by atoms with E-state index in [1.165, 1.54) is 4.90 Å². The van der Waals surface area contributed by atoms with Gasteiger partial charge in [-0.15, -0.1) is 0 Å². The van der Waals surface area contributed by atoms with Crippen molar-refractivity contribution in [3.05, 3.63) is 64.1 Å². The first-order chi connectivity index (χ1) is 15.4. The van der Waals surface area contributed by atoms with Crippen LogP contribution in [0.2, 0.25) is 0 Å². The molecule has 7 nitrogen and oxygen atoms in total. The summed E-state index contributed by atoms with van der Waals surface area (Å²) in [6, 6.07) is 8.52. The maximum atomic E-state index is 13.1. The van der Waals surface area contributed by atoms with E-state index >= 15 is 0 Å². The van der Waals surface area contributed by atoms with Crippen molar-refractivity contribution in [1.29, 1.82) is 0 Å². The molecule has 1 atom stereocenters. The number of nitrogens with zero attached hydrogens (tertiary/aromatic N) is 2. The third kappa shape index (κ3) is 4.36.